The maximum absolute atomic E-state index is 12.1. The lowest BCUT2D eigenvalue weighted by Crippen LogP contribution is -2.50. The van der Waals surface area contributed by atoms with Gasteiger partial charge >= 0.3 is 12.0 Å². The molecule has 0 aromatic rings. The average Bonchev–Trinajstić information content (AvgIpc) is 2.26. The molecule has 18 heavy (non-hydrogen) atoms. The van der Waals surface area contributed by atoms with Gasteiger partial charge in [-0.05, 0) is 38.0 Å². The number of carboxylic acids is 1. The number of rotatable bonds is 4. The fourth-order valence-electron chi connectivity index (χ4n) is 2.71. The Kier molecular flexibility index (Phi) is 4.44. The van der Waals surface area contributed by atoms with Crippen molar-refractivity contribution in [1.82, 2.24) is 10.2 Å². The second-order valence-corrected chi connectivity index (χ2v) is 5.42. The summed E-state index contributed by atoms with van der Waals surface area (Å²) < 4.78 is 0. The van der Waals surface area contributed by atoms with Crippen LogP contribution in [0.3, 0.4) is 0 Å². The first-order valence-corrected chi connectivity index (χ1v) is 6.93. The van der Waals surface area contributed by atoms with E-state index in [0.717, 1.165) is 25.8 Å². The average molecular weight is 254 g/mol. The molecule has 5 nitrogen and oxygen atoms in total. The molecule has 102 valence electrons. The van der Waals surface area contributed by atoms with Crippen molar-refractivity contribution >= 4 is 12.0 Å². The van der Waals surface area contributed by atoms with E-state index in [2.05, 4.69) is 5.32 Å². The Hall–Kier alpha value is -1.26. The van der Waals surface area contributed by atoms with Gasteiger partial charge in [-0.1, -0.05) is 6.42 Å². The van der Waals surface area contributed by atoms with E-state index in [1.165, 1.54) is 19.3 Å². The number of aliphatic carboxylic acids is 1. The topological polar surface area (TPSA) is 69.6 Å². The molecule has 1 heterocycles. The number of carbonyl (C=O) groups is 2. The molecule has 0 bridgehead atoms. The van der Waals surface area contributed by atoms with Crippen LogP contribution in [0, 0.1) is 5.92 Å². The minimum absolute atomic E-state index is 0.0663. The number of carboxylic acid groups (broad SMARTS) is 1. The van der Waals surface area contributed by atoms with E-state index in [9.17, 15) is 9.59 Å². The fraction of sp³-hybridized carbons (Fsp3) is 0.846. The zero-order valence-electron chi connectivity index (χ0n) is 10.7. The smallest absolute Gasteiger partial charge is 0.317 e. The first-order chi connectivity index (χ1) is 8.66. The Morgan fingerprint density at radius 1 is 1.17 bits per heavy atom. The number of nitrogens with zero attached hydrogens (tertiary/aromatic N) is 1. The first kappa shape index (κ1) is 13.2. The van der Waals surface area contributed by atoms with E-state index < -0.39 is 5.97 Å². The Balaban J connectivity index is 1.82. The van der Waals surface area contributed by atoms with Crippen molar-refractivity contribution in [3.63, 3.8) is 0 Å². The zero-order chi connectivity index (χ0) is 13.0. The van der Waals surface area contributed by atoms with Crippen molar-refractivity contribution in [2.75, 3.05) is 13.1 Å². The van der Waals surface area contributed by atoms with Crippen LogP contribution in [0.25, 0.3) is 0 Å². The molecule has 2 aliphatic rings. The SMILES string of the molecule is O=C(O)CC1CCCCN1C(=O)NCC1CCC1. The summed E-state index contributed by atoms with van der Waals surface area (Å²) in [5.74, 6) is -0.185. The fourth-order valence-corrected chi connectivity index (χ4v) is 2.71. The van der Waals surface area contributed by atoms with Crippen LogP contribution in [0.5, 0.6) is 0 Å². The highest BCUT2D eigenvalue weighted by molar-refractivity contribution is 5.76. The number of piperidine rings is 1. The Morgan fingerprint density at radius 3 is 2.56 bits per heavy atom. The summed E-state index contributed by atoms with van der Waals surface area (Å²) in [4.78, 5) is 24.6. The molecule has 1 atom stereocenters. The summed E-state index contributed by atoms with van der Waals surface area (Å²) in [5, 5.41) is 11.8. The largest absolute Gasteiger partial charge is 0.481 e. The summed E-state index contributed by atoms with van der Waals surface area (Å²) in [7, 11) is 0. The van der Waals surface area contributed by atoms with Crippen molar-refractivity contribution < 1.29 is 14.7 Å². The van der Waals surface area contributed by atoms with E-state index in [0.29, 0.717) is 12.5 Å². The van der Waals surface area contributed by atoms with Gasteiger partial charge in [0.15, 0.2) is 0 Å². The van der Waals surface area contributed by atoms with Gasteiger partial charge in [0.25, 0.3) is 0 Å². The van der Waals surface area contributed by atoms with Gasteiger partial charge in [0.2, 0.25) is 0 Å². The quantitative estimate of drug-likeness (QED) is 0.804. The van der Waals surface area contributed by atoms with Crippen molar-refractivity contribution in [3.05, 3.63) is 0 Å². The van der Waals surface area contributed by atoms with Gasteiger partial charge in [-0.15, -0.1) is 0 Å². The molecule has 0 aromatic heterocycles. The number of carbonyl (C=O) groups excluding carboxylic acids is 1. The molecule has 0 spiro atoms. The summed E-state index contributed by atoms with van der Waals surface area (Å²) >= 11 is 0. The molecule has 0 radical (unpaired) electrons. The zero-order valence-corrected chi connectivity index (χ0v) is 10.7. The lowest BCUT2D eigenvalue weighted by Gasteiger charge is -2.36. The second kappa shape index (κ2) is 6.07. The lowest BCUT2D eigenvalue weighted by atomic mass is 9.85. The standard InChI is InChI=1S/C13H22N2O3/c16-12(17)8-11-6-1-2-7-15(11)13(18)14-9-10-4-3-5-10/h10-11H,1-9H2,(H,14,18)(H,16,17). The molecule has 0 aromatic carbocycles. The molecule has 2 N–H and O–H groups in total. The minimum atomic E-state index is -0.821. The van der Waals surface area contributed by atoms with E-state index in [1.54, 1.807) is 4.90 Å². The maximum atomic E-state index is 12.1. The van der Waals surface area contributed by atoms with Gasteiger partial charge in [0.1, 0.15) is 0 Å². The molecule has 1 aliphatic carbocycles. The summed E-state index contributed by atoms with van der Waals surface area (Å²) in [5.41, 5.74) is 0. The predicted octanol–water partition coefficient (Wildman–Crippen LogP) is 1.83. The van der Waals surface area contributed by atoms with Crippen LogP contribution in [0.1, 0.15) is 44.9 Å². The molecule has 1 saturated heterocycles. The van der Waals surface area contributed by atoms with Crippen LogP contribution < -0.4 is 5.32 Å². The van der Waals surface area contributed by atoms with E-state index >= 15 is 0 Å². The van der Waals surface area contributed by atoms with Gasteiger partial charge in [-0.2, -0.15) is 0 Å². The van der Waals surface area contributed by atoms with E-state index in [1.807, 2.05) is 0 Å². The molecule has 5 heteroatoms. The Bertz CT molecular complexity index is 315. The highest BCUT2D eigenvalue weighted by Gasteiger charge is 2.29. The summed E-state index contributed by atoms with van der Waals surface area (Å²) in [6.07, 6.45) is 6.56. The van der Waals surface area contributed by atoms with Crippen LogP contribution in [0.4, 0.5) is 4.79 Å². The number of likely N-dealkylation sites (tertiary alicyclic amines) is 1. The highest BCUT2D eigenvalue weighted by Crippen LogP contribution is 2.25. The maximum Gasteiger partial charge on any atom is 0.317 e. The van der Waals surface area contributed by atoms with Crippen molar-refractivity contribution in [2.45, 2.75) is 51.0 Å². The molecule has 2 rings (SSSR count). The Morgan fingerprint density at radius 2 is 1.94 bits per heavy atom. The van der Waals surface area contributed by atoms with Crippen LogP contribution >= 0.6 is 0 Å². The van der Waals surface area contributed by atoms with Crippen molar-refractivity contribution in [2.24, 2.45) is 5.92 Å². The van der Waals surface area contributed by atoms with Gasteiger partial charge < -0.3 is 15.3 Å². The number of amides is 2. The van der Waals surface area contributed by atoms with Gasteiger partial charge in [-0.3, -0.25) is 4.79 Å². The third-order valence-electron chi connectivity index (χ3n) is 4.06. The first-order valence-electron chi connectivity index (χ1n) is 6.93. The van der Waals surface area contributed by atoms with Gasteiger partial charge in [0.05, 0.1) is 6.42 Å². The number of nitrogens with one attached hydrogen (secondary N) is 1. The second-order valence-electron chi connectivity index (χ2n) is 5.42. The van der Waals surface area contributed by atoms with E-state index in [4.69, 9.17) is 5.11 Å². The molecular formula is C13H22N2O3. The van der Waals surface area contributed by atoms with Crippen LogP contribution in [0.15, 0.2) is 0 Å². The number of urea groups is 1. The van der Waals surface area contributed by atoms with Crippen LogP contribution in [-0.4, -0.2) is 41.1 Å². The molecule has 1 saturated carbocycles. The predicted molar refractivity (Wildman–Crippen MR) is 67.3 cm³/mol. The number of hydrogen-bond donors (Lipinski definition) is 2. The number of hydrogen-bond acceptors (Lipinski definition) is 2. The summed E-state index contributed by atoms with van der Waals surface area (Å²) in [6, 6.07) is -0.203. The van der Waals surface area contributed by atoms with E-state index in [-0.39, 0.29) is 18.5 Å². The lowest BCUT2D eigenvalue weighted by molar-refractivity contribution is -0.138. The molecule has 2 amide bonds. The Labute approximate surface area is 108 Å². The third kappa shape index (κ3) is 3.37. The summed E-state index contributed by atoms with van der Waals surface area (Å²) in [6.45, 7) is 1.43. The molecule has 2 fully saturated rings. The monoisotopic (exact) mass is 254 g/mol. The normalized spacial score (nSPS) is 24.4. The molecular weight excluding hydrogens is 232 g/mol. The minimum Gasteiger partial charge on any atom is -0.481 e. The van der Waals surface area contributed by atoms with Crippen LogP contribution in [-0.2, 0) is 4.79 Å². The van der Waals surface area contributed by atoms with Crippen molar-refractivity contribution in [3.8, 4) is 0 Å². The van der Waals surface area contributed by atoms with Gasteiger partial charge in [0, 0.05) is 19.1 Å². The van der Waals surface area contributed by atoms with Crippen LogP contribution in [0.2, 0.25) is 0 Å². The third-order valence-corrected chi connectivity index (χ3v) is 4.06. The molecule has 1 unspecified atom stereocenters. The van der Waals surface area contributed by atoms with Crippen molar-refractivity contribution in [1.29, 1.82) is 0 Å². The highest BCUT2D eigenvalue weighted by atomic mass is 16.4. The van der Waals surface area contributed by atoms with Gasteiger partial charge in [-0.25, -0.2) is 4.79 Å². The molecule has 1 aliphatic heterocycles.